The fourth-order valence-electron chi connectivity index (χ4n) is 3.63. The number of sulfone groups is 1. The number of hydrogen-bond acceptors (Lipinski definition) is 8. The maximum absolute atomic E-state index is 11.7. The first-order valence-electron chi connectivity index (χ1n) is 10.2. The van der Waals surface area contributed by atoms with Crippen molar-refractivity contribution in [1.29, 1.82) is 0 Å². The van der Waals surface area contributed by atoms with Crippen molar-refractivity contribution < 1.29 is 17.9 Å². The van der Waals surface area contributed by atoms with E-state index >= 15 is 0 Å². The van der Waals surface area contributed by atoms with Gasteiger partial charge >= 0.3 is 0 Å². The molecule has 5 aromatic rings. The second kappa shape index (κ2) is 8.54. The van der Waals surface area contributed by atoms with E-state index in [4.69, 9.17) is 19.4 Å². The zero-order valence-corrected chi connectivity index (χ0v) is 20.2. The molecule has 0 fully saturated rings. The van der Waals surface area contributed by atoms with Gasteiger partial charge in [0, 0.05) is 34.8 Å². The van der Waals surface area contributed by atoms with Crippen molar-refractivity contribution in [1.82, 2.24) is 19.7 Å². The Balaban J connectivity index is 1.63. The van der Waals surface area contributed by atoms with Gasteiger partial charge in [-0.1, -0.05) is 0 Å². The fourth-order valence-corrected chi connectivity index (χ4v) is 4.90. The molecular formula is C24H20N4O4S2. The number of ether oxygens (including phenoxy) is 2. The molecule has 0 saturated carbocycles. The molecule has 2 aromatic carbocycles. The van der Waals surface area contributed by atoms with E-state index in [0.717, 1.165) is 27.9 Å². The molecule has 0 aliphatic rings. The second-order valence-corrected chi connectivity index (χ2v) is 10.4. The van der Waals surface area contributed by atoms with Crippen molar-refractivity contribution in [2.75, 3.05) is 20.5 Å². The minimum absolute atomic E-state index is 0.256. The lowest BCUT2D eigenvalue weighted by Gasteiger charge is -2.12. The number of benzene rings is 2. The molecule has 0 aliphatic carbocycles. The molecule has 0 atom stereocenters. The lowest BCUT2D eigenvalue weighted by Crippen LogP contribution is -1.99. The van der Waals surface area contributed by atoms with E-state index in [1.54, 1.807) is 60.7 Å². The SMILES string of the molecule is COc1cc2nc(-c3cnn(-c4ccc(S(C)(=O)=O)cc4)c3)nc(-c3ccsc3)c2cc1OC. The van der Waals surface area contributed by atoms with Gasteiger partial charge in [0.1, 0.15) is 0 Å². The molecule has 5 rings (SSSR count). The van der Waals surface area contributed by atoms with E-state index in [2.05, 4.69) is 5.10 Å². The van der Waals surface area contributed by atoms with Gasteiger partial charge < -0.3 is 9.47 Å². The van der Waals surface area contributed by atoms with Gasteiger partial charge in [-0.05, 0) is 41.8 Å². The molecule has 0 saturated heterocycles. The second-order valence-electron chi connectivity index (χ2n) is 7.57. The predicted octanol–water partition coefficient (Wildman–Crippen LogP) is 4.63. The first kappa shape index (κ1) is 22.1. The summed E-state index contributed by atoms with van der Waals surface area (Å²) in [4.78, 5) is 9.90. The number of aromatic nitrogens is 4. The first-order valence-corrected chi connectivity index (χ1v) is 13.0. The molecule has 0 aliphatic heterocycles. The molecule has 3 aromatic heterocycles. The molecule has 0 spiro atoms. The Morgan fingerprint density at radius 2 is 1.68 bits per heavy atom. The largest absolute Gasteiger partial charge is 0.493 e. The van der Waals surface area contributed by atoms with Crippen LogP contribution in [0.3, 0.4) is 0 Å². The summed E-state index contributed by atoms with van der Waals surface area (Å²) in [6, 6.07) is 12.3. The third-order valence-corrected chi connectivity index (χ3v) is 7.18. The standard InChI is InChI=1S/C24H20N4O4S2/c1-31-21-10-19-20(11-22(21)32-2)26-24(27-23(19)15-8-9-33-14-15)16-12-25-28(13-16)17-4-6-18(7-5-17)34(3,29)30/h4-14H,1-3H3. The molecule has 8 nitrogen and oxygen atoms in total. The maximum atomic E-state index is 11.7. The zero-order chi connectivity index (χ0) is 23.9. The van der Waals surface area contributed by atoms with Crippen LogP contribution in [0, 0.1) is 0 Å². The van der Waals surface area contributed by atoms with Crippen LogP contribution in [0.25, 0.3) is 39.2 Å². The predicted molar refractivity (Wildman–Crippen MR) is 132 cm³/mol. The van der Waals surface area contributed by atoms with Crippen molar-refractivity contribution in [2.24, 2.45) is 0 Å². The summed E-state index contributed by atoms with van der Waals surface area (Å²) >= 11 is 1.59. The van der Waals surface area contributed by atoms with Crippen molar-refractivity contribution in [2.45, 2.75) is 4.90 Å². The highest BCUT2D eigenvalue weighted by atomic mass is 32.2. The minimum atomic E-state index is -3.27. The van der Waals surface area contributed by atoms with Crippen molar-refractivity contribution in [3.05, 3.63) is 65.6 Å². The van der Waals surface area contributed by atoms with Crippen LogP contribution in [-0.2, 0) is 9.84 Å². The molecule has 0 amide bonds. The Morgan fingerprint density at radius 3 is 2.32 bits per heavy atom. The van der Waals surface area contributed by atoms with E-state index in [1.165, 1.54) is 6.26 Å². The highest BCUT2D eigenvalue weighted by Crippen LogP contribution is 2.37. The smallest absolute Gasteiger partial charge is 0.175 e. The van der Waals surface area contributed by atoms with Gasteiger partial charge in [-0.25, -0.2) is 23.1 Å². The Morgan fingerprint density at radius 1 is 0.941 bits per heavy atom. The van der Waals surface area contributed by atoms with Crippen LogP contribution >= 0.6 is 11.3 Å². The third kappa shape index (κ3) is 4.02. The Kier molecular flexibility index (Phi) is 5.54. The summed E-state index contributed by atoms with van der Waals surface area (Å²) in [5.41, 5.74) is 3.93. The summed E-state index contributed by atoms with van der Waals surface area (Å²) in [5, 5.41) is 9.32. The van der Waals surface area contributed by atoms with Gasteiger partial charge in [0.25, 0.3) is 0 Å². The fraction of sp³-hybridized carbons (Fsp3) is 0.125. The number of hydrogen-bond donors (Lipinski definition) is 0. The summed E-state index contributed by atoms with van der Waals surface area (Å²) in [6.07, 6.45) is 4.68. The summed E-state index contributed by atoms with van der Waals surface area (Å²) in [5.74, 6) is 1.70. The highest BCUT2D eigenvalue weighted by Gasteiger charge is 2.17. The molecule has 0 bridgehead atoms. The lowest BCUT2D eigenvalue weighted by molar-refractivity contribution is 0.356. The summed E-state index contributed by atoms with van der Waals surface area (Å²) in [7, 11) is -0.0803. The van der Waals surface area contributed by atoms with Crippen LogP contribution < -0.4 is 9.47 Å². The lowest BCUT2D eigenvalue weighted by atomic mass is 10.1. The molecule has 172 valence electrons. The average molecular weight is 493 g/mol. The van der Waals surface area contributed by atoms with Crippen LogP contribution in [0.15, 0.2) is 70.5 Å². The Hall–Kier alpha value is -3.76. The van der Waals surface area contributed by atoms with E-state index in [0.29, 0.717) is 22.8 Å². The van der Waals surface area contributed by atoms with E-state index in [1.807, 2.05) is 35.2 Å². The number of thiophene rings is 1. The maximum Gasteiger partial charge on any atom is 0.175 e. The number of rotatable bonds is 6. The average Bonchev–Trinajstić information content (AvgIpc) is 3.55. The van der Waals surface area contributed by atoms with Crippen LogP contribution in [-0.4, -0.2) is 48.6 Å². The first-order chi connectivity index (χ1) is 16.4. The van der Waals surface area contributed by atoms with Gasteiger partial charge in [0.05, 0.1) is 47.8 Å². The monoisotopic (exact) mass is 492 g/mol. The number of nitrogens with zero attached hydrogens (tertiary/aromatic N) is 4. The van der Waals surface area contributed by atoms with Crippen molar-refractivity contribution in [3.63, 3.8) is 0 Å². The normalized spacial score (nSPS) is 11.6. The van der Waals surface area contributed by atoms with Gasteiger partial charge in [-0.2, -0.15) is 16.4 Å². The van der Waals surface area contributed by atoms with Gasteiger partial charge in [-0.15, -0.1) is 0 Å². The van der Waals surface area contributed by atoms with Crippen LogP contribution in [0.1, 0.15) is 0 Å². The minimum Gasteiger partial charge on any atom is -0.493 e. The summed E-state index contributed by atoms with van der Waals surface area (Å²) < 4.78 is 36.1. The Bertz CT molecular complexity index is 1590. The third-order valence-electron chi connectivity index (χ3n) is 5.37. The van der Waals surface area contributed by atoms with E-state index < -0.39 is 9.84 Å². The topological polar surface area (TPSA) is 96.2 Å². The Labute approximate surface area is 200 Å². The molecule has 0 radical (unpaired) electrons. The number of methoxy groups -OCH3 is 2. The molecule has 0 unspecified atom stereocenters. The van der Waals surface area contributed by atoms with Gasteiger partial charge in [-0.3, -0.25) is 0 Å². The van der Waals surface area contributed by atoms with Gasteiger partial charge in [0.2, 0.25) is 0 Å². The molecule has 0 N–H and O–H groups in total. The zero-order valence-electron chi connectivity index (χ0n) is 18.6. The van der Waals surface area contributed by atoms with Crippen LogP contribution in [0.4, 0.5) is 0 Å². The molecule has 10 heteroatoms. The highest BCUT2D eigenvalue weighted by molar-refractivity contribution is 7.90. The van der Waals surface area contributed by atoms with Crippen LogP contribution in [0.5, 0.6) is 11.5 Å². The molecular weight excluding hydrogens is 472 g/mol. The quantitative estimate of drug-likeness (QED) is 0.341. The summed E-state index contributed by atoms with van der Waals surface area (Å²) in [6.45, 7) is 0. The van der Waals surface area contributed by atoms with Gasteiger partial charge in [0.15, 0.2) is 27.2 Å². The van der Waals surface area contributed by atoms with Crippen molar-refractivity contribution in [3.8, 4) is 39.8 Å². The molecule has 3 heterocycles. The number of fused-ring (bicyclic) bond motifs is 1. The van der Waals surface area contributed by atoms with Crippen molar-refractivity contribution >= 4 is 32.1 Å². The molecule has 34 heavy (non-hydrogen) atoms. The van der Waals surface area contributed by atoms with E-state index in [9.17, 15) is 8.42 Å². The van der Waals surface area contributed by atoms with Crippen LogP contribution in [0.2, 0.25) is 0 Å². The van der Waals surface area contributed by atoms with E-state index in [-0.39, 0.29) is 4.90 Å².